The summed E-state index contributed by atoms with van der Waals surface area (Å²) in [5.74, 6) is -1.41. The molecule has 1 fully saturated rings. The van der Waals surface area contributed by atoms with E-state index in [4.69, 9.17) is 4.74 Å². The fourth-order valence-electron chi connectivity index (χ4n) is 2.94. The van der Waals surface area contributed by atoms with Crippen molar-refractivity contribution in [1.82, 2.24) is 10.2 Å². The lowest BCUT2D eigenvalue weighted by molar-refractivity contribution is -0.155. The minimum atomic E-state index is -1.07. The van der Waals surface area contributed by atoms with Crippen molar-refractivity contribution in [2.45, 2.75) is 59.1 Å². The molecule has 1 aromatic rings. The number of hydrogen-bond donors (Lipinski definition) is 2. The number of esters is 1. The third-order valence-corrected chi connectivity index (χ3v) is 4.85. The highest BCUT2D eigenvalue weighted by Gasteiger charge is 2.48. The van der Waals surface area contributed by atoms with Gasteiger partial charge in [-0.05, 0) is 51.7 Å². The van der Waals surface area contributed by atoms with Gasteiger partial charge in [0.05, 0.1) is 0 Å². The average Bonchev–Trinajstić information content (AvgIpc) is 2.85. The number of urea groups is 1. The smallest absolute Gasteiger partial charge is 0.327 e. The van der Waals surface area contributed by atoms with E-state index in [1.54, 1.807) is 19.1 Å². The summed E-state index contributed by atoms with van der Waals surface area (Å²) >= 11 is 0. The number of rotatable bonds is 8. The van der Waals surface area contributed by atoms with E-state index < -0.39 is 42.0 Å². The molecule has 0 radical (unpaired) electrons. The standard InChI is InChI=1S/C21H29N3O5/c1-13(2)10-11-21(5)19(27)24(20(28)23-21)12-17(25)29-15(4)18(26)22-16-8-6-14(3)7-9-16/h6-9,13,15H,10-12H2,1-5H3,(H,22,26)(H,23,28)/t15-,21-/m1/s1. The van der Waals surface area contributed by atoms with Gasteiger partial charge in [-0.15, -0.1) is 0 Å². The molecule has 2 rings (SSSR count). The fraction of sp³-hybridized carbons (Fsp3) is 0.524. The van der Waals surface area contributed by atoms with Crippen molar-refractivity contribution in [3.63, 3.8) is 0 Å². The van der Waals surface area contributed by atoms with Crippen LogP contribution in [0.2, 0.25) is 0 Å². The molecule has 0 unspecified atom stereocenters. The Morgan fingerprint density at radius 3 is 2.38 bits per heavy atom. The molecule has 2 atom stereocenters. The molecule has 4 amide bonds. The Hall–Kier alpha value is -2.90. The minimum absolute atomic E-state index is 0.378. The Labute approximate surface area is 171 Å². The summed E-state index contributed by atoms with van der Waals surface area (Å²) in [6.07, 6.45) is 0.171. The van der Waals surface area contributed by atoms with Gasteiger partial charge in [0.15, 0.2) is 6.10 Å². The molecule has 1 heterocycles. The van der Waals surface area contributed by atoms with Crippen LogP contribution in [0.5, 0.6) is 0 Å². The lowest BCUT2D eigenvalue weighted by atomic mass is 9.92. The zero-order valence-electron chi connectivity index (χ0n) is 17.6. The van der Waals surface area contributed by atoms with Crippen molar-refractivity contribution in [3.8, 4) is 0 Å². The molecule has 8 nitrogen and oxygen atoms in total. The van der Waals surface area contributed by atoms with Crippen LogP contribution in [0.15, 0.2) is 24.3 Å². The first kappa shape index (κ1) is 22.4. The Bertz CT molecular complexity index is 790. The summed E-state index contributed by atoms with van der Waals surface area (Å²) in [7, 11) is 0. The number of benzene rings is 1. The van der Waals surface area contributed by atoms with Crippen LogP contribution in [-0.4, -0.2) is 46.9 Å². The molecule has 0 aromatic heterocycles. The maximum absolute atomic E-state index is 12.6. The molecule has 0 saturated carbocycles. The van der Waals surface area contributed by atoms with E-state index in [0.717, 1.165) is 16.9 Å². The second-order valence-corrected chi connectivity index (χ2v) is 8.07. The van der Waals surface area contributed by atoms with Crippen LogP contribution in [0.1, 0.15) is 46.1 Å². The molecule has 1 aliphatic rings. The Morgan fingerprint density at radius 2 is 1.79 bits per heavy atom. The van der Waals surface area contributed by atoms with Crippen LogP contribution < -0.4 is 10.6 Å². The van der Waals surface area contributed by atoms with Gasteiger partial charge in [-0.1, -0.05) is 31.5 Å². The predicted octanol–water partition coefficient (Wildman–Crippen LogP) is 2.61. The molecule has 2 N–H and O–H groups in total. The topological polar surface area (TPSA) is 105 Å². The summed E-state index contributed by atoms with van der Waals surface area (Å²) in [4.78, 5) is 50.1. The van der Waals surface area contributed by atoms with Gasteiger partial charge in [-0.2, -0.15) is 0 Å². The first-order valence-electron chi connectivity index (χ1n) is 9.73. The SMILES string of the molecule is Cc1ccc(NC(=O)[C@@H](C)OC(=O)CN2C(=O)N[C@](C)(CCC(C)C)C2=O)cc1. The zero-order valence-corrected chi connectivity index (χ0v) is 17.6. The van der Waals surface area contributed by atoms with Crippen molar-refractivity contribution < 1.29 is 23.9 Å². The number of amides is 4. The van der Waals surface area contributed by atoms with Crippen molar-refractivity contribution in [2.75, 3.05) is 11.9 Å². The fourth-order valence-corrected chi connectivity index (χ4v) is 2.94. The molecule has 8 heteroatoms. The highest BCUT2D eigenvalue weighted by molar-refractivity contribution is 6.08. The van der Waals surface area contributed by atoms with E-state index in [0.29, 0.717) is 18.0 Å². The number of imide groups is 1. The lowest BCUT2D eigenvalue weighted by Crippen LogP contribution is -2.44. The molecule has 1 aromatic carbocycles. The van der Waals surface area contributed by atoms with Gasteiger partial charge in [0.25, 0.3) is 11.8 Å². The number of nitrogens with one attached hydrogen (secondary N) is 2. The zero-order chi connectivity index (χ0) is 21.8. The van der Waals surface area contributed by atoms with Gasteiger partial charge >= 0.3 is 12.0 Å². The summed E-state index contributed by atoms with van der Waals surface area (Å²) in [5.41, 5.74) is 0.603. The average molecular weight is 403 g/mol. The summed E-state index contributed by atoms with van der Waals surface area (Å²) in [6, 6.07) is 6.55. The molecule has 29 heavy (non-hydrogen) atoms. The maximum atomic E-state index is 12.6. The molecule has 0 spiro atoms. The van der Waals surface area contributed by atoms with Crippen LogP contribution in [0.4, 0.5) is 10.5 Å². The monoisotopic (exact) mass is 403 g/mol. The molecule has 158 valence electrons. The first-order chi connectivity index (χ1) is 13.5. The van der Waals surface area contributed by atoms with Crippen molar-refractivity contribution in [2.24, 2.45) is 5.92 Å². The van der Waals surface area contributed by atoms with E-state index in [1.165, 1.54) is 6.92 Å². The normalized spacial score (nSPS) is 19.9. The largest absolute Gasteiger partial charge is 0.451 e. The first-order valence-corrected chi connectivity index (χ1v) is 9.73. The van der Waals surface area contributed by atoms with Crippen molar-refractivity contribution in [1.29, 1.82) is 0 Å². The van der Waals surface area contributed by atoms with Crippen LogP contribution in [0, 0.1) is 12.8 Å². The highest BCUT2D eigenvalue weighted by Crippen LogP contribution is 2.24. The molecule has 1 aliphatic heterocycles. The predicted molar refractivity (Wildman–Crippen MR) is 108 cm³/mol. The number of carbonyl (C=O) groups excluding carboxylic acids is 4. The van der Waals surface area contributed by atoms with E-state index in [2.05, 4.69) is 10.6 Å². The minimum Gasteiger partial charge on any atom is -0.451 e. The third-order valence-electron chi connectivity index (χ3n) is 4.85. The molecular weight excluding hydrogens is 374 g/mol. The van der Waals surface area contributed by atoms with Gasteiger partial charge in [-0.3, -0.25) is 19.3 Å². The maximum Gasteiger partial charge on any atom is 0.327 e. The Kier molecular flexibility index (Phi) is 7.00. The number of carbonyl (C=O) groups is 4. The molecule has 1 saturated heterocycles. The number of ether oxygens (including phenoxy) is 1. The van der Waals surface area contributed by atoms with E-state index in [-0.39, 0.29) is 0 Å². The van der Waals surface area contributed by atoms with E-state index in [1.807, 2.05) is 32.9 Å². The summed E-state index contributed by atoms with van der Waals surface area (Å²) < 4.78 is 5.11. The number of anilines is 1. The van der Waals surface area contributed by atoms with Crippen LogP contribution in [-0.2, 0) is 19.1 Å². The van der Waals surface area contributed by atoms with Gasteiger partial charge in [0.1, 0.15) is 12.1 Å². The molecule has 0 bridgehead atoms. The second-order valence-electron chi connectivity index (χ2n) is 8.07. The Morgan fingerprint density at radius 1 is 1.17 bits per heavy atom. The van der Waals surface area contributed by atoms with Gasteiger partial charge in [0.2, 0.25) is 0 Å². The third kappa shape index (κ3) is 5.79. The van der Waals surface area contributed by atoms with E-state index in [9.17, 15) is 19.2 Å². The number of hydrogen-bond acceptors (Lipinski definition) is 5. The number of nitrogens with zero attached hydrogens (tertiary/aromatic N) is 1. The summed E-state index contributed by atoms with van der Waals surface area (Å²) in [6.45, 7) is 8.54. The lowest BCUT2D eigenvalue weighted by Gasteiger charge is -2.22. The van der Waals surface area contributed by atoms with Crippen LogP contribution >= 0.6 is 0 Å². The van der Waals surface area contributed by atoms with Gasteiger partial charge in [0, 0.05) is 5.69 Å². The Balaban J connectivity index is 1.90. The van der Waals surface area contributed by atoms with E-state index >= 15 is 0 Å². The summed E-state index contributed by atoms with van der Waals surface area (Å²) in [5, 5.41) is 5.30. The van der Waals surface area contributed by atoms with Gasteiger partial charge in [-0.25, -0.2) is 4.79 Å². The highest BCUT2D eigenvalue weighted by atomic mass is 16.5. The van der Waals surface area contributed by atoms with Crippen LogP contribution in [0.25, 0.3) is 0 Å². The molecule has 0 aliphatic carbocycles. The van der Waals surface area contributed by atoms with Crippen molar-refractivity contribution in [3.05, 3.63) is 29.8 Å². The van der Waals surface area contributed by atoms with Gasteiger partial charge < -0.3 is 15.4 Å². The number of aryl methyl sites for hydroxylation is 1. The second kappa shape index (κ2) is 9.07. The molecular formula is C21H29N3O5. The quantitative estimate of drug-likeness (QED) is 0.513. The van der Waals surface area contributed by atoms with Crippen molar-refractivity contribution >= 4 is 29.5 Å². The van der Waals surface area contributed by atoms with Crippen LogP contribution in [0.3, 0.4) is 0 Å².